The number of hydrogen-bond donors (Lipinski definition) is 0. The van der Waals surface area contributed by atoms with Crippen LogP contribution in [-0.4, -0.2) is 35.8 Å². The van der Waals surface area contributed by atoms with E-state index in [0.29, 0.717) is 6.42 Å². The Morgan fingerprint density at radius 1 is 1.24 bits per heavy atom. The zero-order chi connectivity index (χ0) is 15.3. The molecule has 3 aliphatic rings. The van der Waals surface area contributed by atoms with Crippen molar-refractivity contribution in [3.63, 3.8) is 0 Å². The third-order valence-corrected chi connectivity index (χ3v) is 4.98. The zero-order valence-electron chi connectivity index (χ0n) is 12.6. The summed E-state index contributed by atoms with van der Waals surface area (Å²) < 4.78 is 4.81. The van der Waals surface area contributed by atoms with Gasteiger partial charge >= 0.3 is 5.97 Å². The van der Waals surface area contributed by atoms with E-state index in [-0.39, 0.29) is 41.4 Å². The van der Waals surface area contributed by atoms with Gasteiger partial charge < -0.3 is 4.74 Å². The van der Waals surface area contributed by atoms with Crippen LogP contribution in [0.2, 0.25) is 0 Å². The van der Waals surface area contributed by atoms with E-state index in [0.717, 1.165) is 6.42 Å². The maximum atomic E-state index is 12.7. The quantitative estimate of drug-likeness (QED) is 0.446. The molecule has 5 nitrogen and oxygen atoms in total. The van der Waals surface area contributed by atoms with E-state index in [4.69, 9.17) is 4.74 Å². The summed E-state index contributed by atoms with van der Waals surface area (Å²) in [6.45, 7) is 3.93. The van der Waals surface area contributed by atoms with Crippen LogP contribution in [0.25, 0.3) is 0 Å². The minimum Gasteiger partial charge on any atom is -0.467 e. The van der Waals surface area contributed by atoms with Crippen LogP contribution in [0.15, 0.2) is 12.2 Å². The summed E-state index contributed by atoms with van der Waals surface area (Å²) >= 11 is 0. The summed E-state index contributed by atoms with van der Waals surface area (Å²) in [6.07, 6.45) is 5.45. The molecule has 5 atom stereocenters. The van der Waals surface area contributed by atoms with Crippen LogP contribution in [0.5, 0.6) is 0 Å². The molecule has 0 spiro atoms. The van der Waals surface area contributed by atoms with Crippen LogP contribution in [0.1, 0.15) is 26.7 Å². The molecule has 3 rings (SSSR count). The molecule has 0 N–H and O–H groups in total. The number of ether oxygens (including phenoxy) is 1. The van der Waals surface area contributed by atoms with Gasteiger partial charge in [-0.05, 0) is 30.6 Å². The van der Waals surface area contributed by atoms with Gasteiger partial charge in [0.05, 0.1) is 18.9 Å². The smallest absolute Gasteiger partial charge is 0.329 e. The number of allylic oxidation sites excluding steroid dienone is 2. The van der Waals surface area contributed by atoms with Gasteiger partial charge in [0.15, 0.2) is 0 Å². The van der Waals surface area contributed by atoms with Crippen molar-refractivity contribution in [1.29, 1.82) is 0 Å². The first-order valence-electron chi connectivity index (χ1n) is 7.58. The van der Waals surface area contributed by atoms with Crippen LogP contribution >= 0.6 is 0 Å². The topological polar surface area (TPSA) is 63.7 Å². The van der Waals surface area contributed by atoms with Gasteiger partial charge in [-0.2, -0.15) is 0 Å². The second-order valence-corrected chi connectivity index (χ2v) is 6.71. The molecule has 0 aromatic carbocycles. The Morgan fingerprint density at radius 2 is 1.76 bits per heavy atom. The van der Waals surface area contributed by atoms with Crippen molar-refractivity contribution in [2.24, 2.45) is 29.6 Å². The summed E-state index contributed by atoms with van der Waals surface area (Å²) in [4.78, 5) is 38.6. The largest absolute Gasteiger partial charge is 0.467 e. The molecular formula is C16H21NO4. The Bertz CT molecular complexity index is 494. The zero-order valence-corrected chi connectivity index (χ0v) is 12.6. The highest BCUT2D eigenvalue weighted by Crippen LogP contribution is 2.53. The molecule has 0 unspecified atom stereocenters. The van der Waals surface area contributed by atoms with Gasteiger partial charge in [0, 0.05) is 0 Å². The average molecular weight is 291 g/mol. The second kappa shape index (κ2) is 4.97. The molecule has 114 valence electrons. The first kappa shape index (κ1) is 14.3. The van der Waals surface area contributed by atoms with Crippen LogP contribution in [-0.2, 0) is 19.1 Å². The molecule has 2 fully saturated rings. The number of likely N-dealkylation sites (tertiary alicyclic amines) is 1. The van der Waals surface area contributed by atoms with Gasteiger partial charge in [-0.1, -0.05) is 26.0 Å². The van der Waals surface area contributed by atoms with E-state index < -0.39 is 12.0 Å². The minimum absolute atomic E-state index is 0.166. The normalized spacial score (nSPS) is 34.8. The molecule has 0 radical (unpaired) electrons. The number of carbonyl (C=O) groups excluding carboxylic acids is 3. The summed E-state index contributed by atoms with van der Waals surface area (Å²) in [5.74, 6) is -0.845. The van der Waals surface area contributed by atoms with E-state index >= 15 is 0 Å². The number of imide groups is 1. The van der Waals surface area contributed by atoms with Gasteiger partial charge in [0.25, 0.3) is 0 Å². The average Bonchev–Trinajstić information content (AvgIpc) is 3.10. The molecule has 1 saturated heterocycles. The Hall–Kier alpha value is -1.65. The van der Waals surface area contributed by atoms with Crippen LogP contribution in [0, 0.1) is 29.6 Å². The van der Waals surface area contributed by atoms with Crippen molar-refractivity contribution in [3.05, 3.63) is 12.2 Å². The summed E-state index contributed by atoms with van der Waals surface area (Å²) in [7, 11) is 1.30. The predicted octanol–water partition coefficient (Wildman–Crippen LogP) is 1.38. The van der Waals surface area contributed by atoms with E-state index in [2.05, 4.69) is 12.2 Å². The van der Waals surface area contributed by atoms with Crippen molar-refractivity contribution in [2.45, 2.75) is 32.7 Å². The monoisotopic (exact) mass is 291 g/mol. The lowest BCUT2D eigenvalue weighted by atomic mass is 9.85. The molecule has 1 aliphatic heterocycles. The van der Waals surface area contributed by atoms with Crippen molar-refractivity contribution in [1.82, 2.24) is 4.90 Å². The summed E-state index contributed by atoms with van der Waals surface area (Å²) in [5, 5.41) is 0. The Labute approximate surface area is 124 Å². The van der Waals surface area contributed by atoms with E-state index in [1.54, 1.807) is 0 Å². The summed E-state index contributed by atoms with van der Waals surface area (Å²) in [5.41, 5.74) is 0. The Balaban J connectivity index is 1.90. The van der Waals surface area contributed by atoms with Crippen LogP contribution in [0.4, 0.5) is 0 Å². The molecule has 2 bridgehead atoms. The number of methoxy groups -OCH3 is 1. The minimum atomic E-state index is -0.778. The molecular weight excluding hydrogens is 270 g/mol. The third-order valence-electron chi connectivity index (χ3n) is 4.98. The number of nitrogens with zero attached hydrogens (tertiary/aromatic N) is 1. The molecule has 2 amide bonds. The number of amides is 2. The maximum absolute atomic E-state index is 12.7. The highest BCUT2D eigenvalue weighted by atomic mass is 16.5. The van der Waals surface area contributed by atoms with E-state index in [1.807, 2.05) is 13.8 Å². The lowest BCUT2D eigenvalue weighted by Gasteiger charge is -2.26. The number of rotatable bonds is 4. The van der Waals surface area contributed by atoms with Crippen LogP contribution in [0.3, 0.4) is 0 Å². The second-order valence-electron chi connectivity index (χ2n) is 6.71. The molecule has 0 aromatic heterocycles. The van der Waals surface area contributed by atoms with Crippen LogP contribution < -0.4 is 0 Å². The Kier molecular flexibility index (Phi) is 3.38. The van der Waals surface area contributed by atoms with Crippen molar-refractivity contribution in [2.75, 3.05) is 7.11 Å². The van der Waals surface area contributed by atoms with E-state index in [1.165, 1.54) is 12.0 Å². The third kappa shape index (κ3) is 2.01. The fourth-order valence-electron chi connectivity index (χ4n) is 4.12. The maximum Gasteiger partial charge on any atom is 0.329 e. The number of carbonyl (C=O) groups is 3. The highest BCUT2D eigenvalue weighted by molar-refractivity contribution is 6.08. The SMILES string of the molecule is COC(=O)[C@H](CC(C)C)N1C(=O)[C@@H]2[C@H](C1=O)[C@H]1C=C[C@@H]2C1. The molecule has 1 heterocycles. The van der Waals surface area contributed by atoms with E-state index in [9.17, 15) is 14.4 Å². The molecule has 0 aromatic rings. The first-order valence-corrected chi connectivity index (χ1v) is 7.58. The van der Waals surface area contributed by atoms with Gasteiger partial charge in [-0.25, -0.2) is 4.79 Å². The predicted molar refractivity (Wildman–Crippen MR) is 74.8 cm³/mol. The molecule has 21 heavy (non-hydrogen) atoms. The van der Waals surface area contributed by atoms with Crippen molar-refractivity contribution in [3.8, 4) is 0 Å². The lowest BCUT2D eigenvalue weighted by molar-refractivity contribution is -0.158. The molecule has 5 heteroatoms. The standard InChI is InChI=1S/C16H21NO4/c1-8(2)6-11(16(20)21-3)17-14(18)12-9-4-5-10(7-9)13(12)15(17)19/h4-5,8-13H,6-7H2,1-3H3/t9-,10+,11-,12+,13-/m0/s1. The Morgan fingerprint density at radius 3 is 2.19 bits per heavy atom. The number of hydrogen-bond acceptors (Lipinski definition) is 4. The molecule has 1 saturated carbocycles. The number of fused-ring (bicyclic) bond motifs is 5. The summed E-state index contributed by atoms with van der Waals surface area (Å²) in [6, 6.07) is -0.778. The fourth-order valence-corrected chi connectivity index (χ4v) is 4.12. The van der Waals surface area contributed by atoms with Crippen molar-refractivity contribution < 1.29 is 19.1 Å². The highest BCUT2D eigenvalue weighted by Gasteiger charge is 2.61. The lowest BCUT2D eigenvalue weighted by Crippen LogP contribution is -2.47. The van der Waals surface area contributed by atoms with Gasteiger partial charge in [0.2, 0.25) is 11.8 Å². The molecule has 2 aliphatic carbocycles. The van der Waals surface area contributed by atoms with Gasteiger partial charge in [-0.3, -0.25) is 14.5 Å². The van der Waals surface area contributed by atoms with Crippen molar-refractivity contribution >= 4 is 17.8 Å². The van der Waals surface area contributed by atoms with Gasteiger partial charge in [0.1, 0.15) is 6.04 Å². The first-order chi connectivity index (χ1) is 9.95. The number of esters is 1. The van der Waals surface area contributed by atoms with Gasteiger partial charge in [-0.15, -0.1) is 0 Å². The fraction of sp³-hybridized carbons (Fsp3) is 0.688.